The Hall–Kier alpha value is -0.530. The van der Waals surface area contributed by atoms with E-state index in [-0.39, 0.29) is 11.6 Å². The minimum absolute atomic E-state index is 0.0527. The van der Waals surface area contributed by atoms with Crippen molar-refractivity contribution in [1.29, 1.82) is 0 Å². The van der Waals surface area contributed by atoms with Crippen LogP contribution in [-0.4, -0.2) is 11.6 Å². The number of carbonyl (C=O) groups is 1. The molecular formula is C8H14O2. The largest absolute Gasteiger partial charge is 0.459 e. The van der Waals surface area contributed by atoms with Gasteiger partial charge in [0.2, 0.25) is 0 Å². The van der Waals surface area contributed by atoms with Gasteiger partial charge in [0, 0.05) is 6.42 Å². The number of carbonyl (C=O) groups excluding carboxylic acids is 1. The molecule has 0 saturated carbocycles. The van der Waals surface area contributed by atoms with Crippen LogP contribution in [-0.2, 0) is 9.53 Å². The maximum absolute atomic E-state index is 10.8. The first-order valence-corrected chi connectivity index (χ1v) is 3.74. The molecule has 0 N–H and O–H groups in total. The summed E-state index contributed by atoms with van der Waals surface area (Å²) in [6.07, 6.45) is 1.55. The lowest BCUT2D eigenvalue weighted by molar-refractivity contribution is -0.169. The van der Waals surface area contributed by atoms with E-state index in [9.17, 15) is 4.79 Å². The van der Waals surface area contributed by atoms with Gasteiger partial charge in [0.25, 0.3) is 0 Å². The molecule has 10 heavy (non-hydrogen) atoms. The zero-order valence-electron chi connectivity index (χ0n) is 6.81. The average molecular weight is 142 g/mol. The molecule has 0 spiro atoms. The van der Waals surface area contributed by atoms with Crippen LogP contribution in [0, 0.1) is 5.92 Å². The second-order valence-electron chi connectivity index (χ2n) is 3.52. The van der Waals surface area contributed by atoms with Crippen molar-refractivity contribution in [3.63, 3.8) is 0 Å². The van der Waals surface area contributed by atoms with Crippen molar-refractivity contribution in [3.8, 4) is 0 Å². The molecule has 1 unspecified atom stereocenters. The zero-order chi connectivity index (χ0) is 7.78. The van der Waals surface area contributed by atoms with Crippen LogP contribution in [0.15, 0.2) is 0 Å². The van der Waals surface area contributed by atoms with Gasteiger partial charge >= 0.3 is 5.97 Å². The Kier molecular flexibility index (Phi) is 1.71. The molecule has 1 saturated heterocycles. The fourth-order valence-electron chi connectivity index (χ4n) is 1.13. The first-order chi connectivity index (χ1) is 4.52. The maximum Gasteiger partial charge on any atom is 0.306 e. The second-order valence-corrected chi connectivity index (χ2v) is 3.52. The molecule has 0 aromatic rings. The SMILES string of the molecule is CC1CCC(=O)OC1(C)C. The molecule has 0 amide bonds. The summed E-state index contributed by atoms with van der Waals surface area (Å²) in [5, 5.41) is 0. The van der Waals surface area contributed by atoms with Gasteiger partial charge in [0.1, 0.15) is 5.60 Å². The minimum Gasteiger partial charge on any atom is -0.459 e. The molecule has 0 aromatic heterocycles. The van der Waals surface area contributed by atoms with Crippen molar-refractivity contribution in [1.82, 2.24) is 0 Å². The highest BCUT2D eigenvalue weighted by Crippen LogP contribution is 2.30. The first kappa shape index (κ1) is 7.58. The van der Waals surface area contributed by atoms with Crippen LogP contribution >= 0.6 is 0 Å². The summed E-state index contributed by atoms with van der Waals surface area (Å²) in [6.45, 7) is 6.05. The van der Waals surface area contributed by atoms with E-state index < -0.39 is 0 Å². The molecule has 1 rings (SSSR count). The van der Waals surface area contributed by atoms with Crippen molar-refractivity contribution in [2.24, 2.45) is 5.92 Å². The fraction of sp³-hybridized carbons (Fsp3) is 0.875. The molecule has 0 aliphatic carbocycles. The van der Waals surface area contributed by atoms with Gasteiger partial charge in [-0.25, -0.2) is 0 Å². The van der Waals surface area contributed by atoms with Gasteiger partial charge in [-0.15, -0.1) is 0 Å². The summed E-state index contributed by atoms with van der Waals surface area (Å²) < 4.78 is 5.15. The smallest absolute Gasteiger partial charge is 0.306 e. The highest BCUT2D eigenvalue weighted by molar-refractivity contribution is 5.70. The van der Waals surface area contributed by atoms with E-state index in [4.69, 9.17) is 4.74 Å². The summed E-state index contributed by atoms with van der Waals surface area (Å²) in [6, 6.07) is 0. The maximum atomic E-state index is 10.8. The van der Waals surface area contributed by atoms with E-state index in [1.54, 1.807) is 0 Å². The number of ether oxygens (including phenoxy) is 1. The Labute approximate surface area is 61.6 Å². The third-order valence-corrected chi connectivity index (χ3v) is 2.35. The topological polar surface area (TPSA) is 26.3 Å². The van der Waals surface area contributed by atoms with Crippen molar-refractivity contribution in [3.05, 3.63) is 0 Å². The van der Waals surface area contributed by atoms with Gasteiger partial charge in [-0.1, -0.05) is 6.92 Å². The molecule has 0 radical (unpaired) electrons. The quantitative estimate of drug-likeness (QED) is 0.481. The van der Waals surface area contributed by atoms with Crippen LogP contribution < -0.4 is 0 Å². The van der Waals surface area contributed by atoms with Crippen LogP contribution in [0.2, 0.25) is 0 Å². The number of rotatable bonds is 0. The average Bonchev–Trinajstić information content (AvgIpc) is 1.78. The Morgan fingerprint density at radius 3 is 2.60 bits per heavy atom. The first-order valence-electron chi connectivity index (χ1n) is 3.74. The van der Waals surface area contributed by atoms with E-state index in [0.717, 1.165) is 6.42 Å². The molecular weight excluding hydrogens is 128 g/mol. The van der Waals surface area contributed by atoms with E-state index in [0.29, 0.717) is 12.3 Å². The van der Waals surface area contributed by atoms with E-state index >= 15 is 0 Å². The second kappa shape index (κ2) is 2.26. The number of hydrogen-bond donors (Lipinski definition) is 0. The lowest BCUT2D eigenvalue weighted by Gasteiger charge is -2.35. The van der Waals surface area contributed by atoms with Crippen LogP contribution in [0.25, 0.3) is 0 Å². The highest BCUT2D eigenvalue weighted by atomic mass is 16.6. The Morgan fingerprint density at radius 2 is 2.20 bits per heavy atom. The van der Waals surface area contributed by atoms with Gasteiger partial charge in [-0.05, 0) is 26.2 Å². The molecule has 1 heterocycles. The standard InChI is InChI=1S/C8H14O2/c1-6-4-5-7(9)10-8(6,2)3/h6H,4-5H2,1-3H3. The Bertz CT molecular complexity index is 149. The third kappa shape index (κ3) is 1.31. The van der Waals surface area contributed by atoms with Gasteiger partial charge < -0.3 is 4.74 Å². The lowest BCUT2D eigenvalue weighted by Crippen LogP contribution is -2.39. The van der Waals surface area contributed by atoms with Crippen LogP contribution in [0.1, 0.15) is 33.6 Å². The predicted octanol–water partition coefficient (Wildman–Crippen LogP) is 1.74. The number of esters is 1. The summed E-state index contributed by atoms with van der Waals surface area (Å²) >= 11 is 0. The van der Waals surface area contributed by atoms with Crippen LogP contribution in [0.5, 0.6) is 0 Å². The number of hydrogen-bond acceptors (Lipinski definition) is 2. The lowest BCUT2D eigenvalue weighted by atomic mass is 9.86. The molecule has 1 atom stereocenters. The van der Waals surface area contributed by atoms with E-state index in [1.165, 1.54) is 0 Å². The van der Waals surface area contributed by atoms with E-state index in [2.05, 4.69) is 6.92 Å². The van der Waals surface area contributed by atoms with Gasteiger partial charge in [-0.2, -0.15) is 0 Å². The monoisotopic (exact) mass is 142 g/mol. The summed E-state index contributed by atoms with van der Waals surface area (Å²) in [5.74, 6) is 0.438. The third-order valence-electron chi connectivity index (χ3n) is 2.35. The Morgan fingerprint density at radius 1 is 1.60 bits per heavy atom. The van der Waals surface area contributed by atoms with Crippen molar-refractivity contribution >= 4 is 5.97 Å². The molecule has 2 nitrogen and oxygen atoms in total. The molecule has 0 bridgehead atoms. The predicted molar refractivity (Wildman–Crippen MR) is 38.6 cm³/mol. The highest BCUT2D eigenvalue weighted by Gasteiger charge is 2.34. The van der Waals surface area contributed by atoms with Crippen molar-refractivity contribution in [2.75, 3.05) is 0 Å². The molecule has 1 aliphatic heterocycles. The molecule has 58 valence electrons. The zero-order valence-corrected chi connectivity index (χ0v) is 6.81. The normalized spacial score (nSPS) is 31.5. The molecule has 0 aromatic carbocycles. The fourth-order valence-corrected chi connectivity index (χ4v) is 1.13. The van der Waals surface area contributed by atoms with Crippen molar-refractivity contribution in [2.45, 2.75) is 39.2 Å². The number of cyclic esters (lactones) is 1. The summed E-state index contributed by atoms with van der Waals surface area (Å²) in [5.41, 5.74) is -0.241. The minimum atomic E-state index is -0.241. The van der Waals surface area contributed by atoms with Crippen molar-refractivity contribution < 1.29 is 9.53 Å². The summed E-state index contributed by atoms with van der Waals surface area (Å²) in [4.78, 5) is 10.8. The Balaban J connectivity index is 2.63. The molecule has 1 aliphatic rings. The van der Waals surface area contributed by atoms with Gasteiger partial charge in [0.15, 0.2) is 0 Å². The van der Waals surface area contributed by atoms with Crippen LogP contribution in [0.3, 0.4) is 0 Å². The molecule has 1 fully saturated rings. The van der Waals surface area contributed by atoms with Crippen LogP contribution in [0.4, 0.5) is 0 Å². The summed E-state index contributed by atoms with van der Waals surface area (Å²) in [7, 11) is 0. The van der Waals surface area contributed by atoms with E-state index in [1.807, 2.05) is 13.8 Å². The molecule has 2 heteroatoms. The van der Waals surface area contributed by atoms with Gasteiger partial charge in [-0.3, -0.25) is 4.79 Å². The van der Waals surface area contributed by atoms with Gasteiger partial charge in [0.05, 0.1) is 0 Å².